The van der Waals surface area contributed by atoms with Crippen LogP contribution in [-0.2, 0) is 9.59 Å². The van der Waals surface area contributed by atoms with Gasteiger partial charge in [-0.2, -0.15) is 5.26 Å². The van der Waals surface area contributed by atoms with Crippen molar-refractivity contribution in [2.45, 2.75) is 26.3 Å². The first kappa shape index (κ1) is 19.1. The molecule has 0 aliphatic carbocycles. The number of allylic oxidation sites excluding steroid dienone is 1. The predicted octanol–water partition coefficient (Wildman–Crippen LogP) is -0.0387. The molecule has 1 fully saturated rings. The highest BCUT2D eigenvalue weighted by atomic mass is 16.4. The van der Waals surface area contributed by atoms with Gasteiger partial charge >= 0.3 is 5.97 Å². The van der Waals surface area contributed by atoms with Crippen molar-refractivity contribution in [2.75, 3.05) is 19.7 Å². The summed E-state index contributed by atoms with van der Waals surface area (Å²) < 4.78 is 0. The van der Waals surface area contributed by atoms with Crippen LogP contribution >= 0.6 is 0 Å². The number of nitriles is 1. The quantitative estimate of drug-likeness (QED) is 0.611. The highest BCUT2D eigenvalue weighted by Gasteiger charge is 2.35. The van der Waals surface area contributed by atoms with Crippen molar-refractivity contribution in [3.8, 4) is 6.07 Å². The number of rotatable bonds is 5. The van der Waals surface area contributed by atoms with E-state index < -0.39 is 24.5 Å². The maximum Gasteiger partial charge on any atom is 0.320 e. The summed E-state index contributed by atoms with van der Waals surface area (Å²) in [7, 11) is 0. The zero-order valence-corrected chi connectivity index (χ0v) is 12.4. The molecule has 1 aliphatic rings. The third-order valence-electron chi connectivity index (χ3n) is 3.07. The standard InChI is InChI=1S/C12H18N2O2.C2H5NO2/c1-3-4-10-5-11(12(15)16)14(8-10)7-9(2)6-13;3-2(5)1-4/h3-4,9-11H,5,7-8H2,1-2H3,(H,15,16);4H,1H2,(H2,3,5)/t9?,10-,11-;/m1./s1. The predicted molar refractivity (Wildman–Crippen MR) is 77.0 cm³/mol. The molecule has 118 valence electrons. The van der Waals surface area contributed by atoms with Gasteiger partial charge in [0.2, 0.25) is 5.91 Å². The van der Waals surface area contributed by atoms with E-state index in [-0.39, 0.29) is 5.92 Å². The number of aliphatic hydroxyl groups is 1. The molecule has 4 N–H and O–H groups in total. The summed E-state index contributed by atoms with van der Waals surface area (Å²) in [5.41, 5.74) is 4.40. The smallest absolute Gasteiger partial charge is 0.320 e. The fraction of sp³-hybridized carbons (Fsp3) is 0.643. The number of carbonyl (C=O) groups is 2. The molecule has 21 heavy (non-hydrogen) atoms. The second-order valence-corrected chi connectivity index (χ2v) is 4.98. The molecule has 1 rings (SSSR count). The summed E-state index contributed by atoms with van der Waals surface area (Å²) >= 11 is 0. The van der Waals surface area contributed by atoms with Gasteiger partial charge in [0.15, 0.2) is 0 Å². The van der Waals surface area contributed by atoms with E-state index in [9.17, 15) is 9.59 Å². The van der Waals surface area contributed by atoms with Crippen LogP contribution in [-0.4, -0.2) is 52.7 Å². The van der Waals surface area contributed by atoms with Crippen LogP contribution in [0.3, 0.4) is 0 Å². The summed E-state index contributed by atoms with van der Waals surface area (Å²) in [6, 6.07) is 1.71. The molecule has 0 bridgehead atoms. The van der Waals surface area contributed by atoms with Gasteiger partial charge in [-0.25, -0.2) is 0 Å². The van der Waals surface area contributed by atoms with Gasteiger partial charge in [0.1, 0.15) is 12.6 Å². The van der Waals surface area contributed by atoms with Crippen LogP contribution in [0.1, 0.15) is 20.3 Å². The minimum absolute atomic E-state index is 0.119. The summed E-state index contributed by atoms with van der Waals surface area (Å²) in [6.07, 6.45) is 4.66. The molecule has 0 saturated carbocycles. The lowest BCUT2D eigenvalue weighted by molar-refractivity contribution is -0.142. The Balaban J connectivity index is 0.000000690. The molecule has 1 saturated heterocycles. The van der Waals surface area contributed by atoms with Gasteiger partial charge in [-0.15, -0.1) is 0 Å². The molecule has 0 radical (unpaired) electrons. The summed E-state index contributed by atoms with van der Waals surface area (Å²) in [4.78, 5) is 22.3. The van der Waals surface area contributed by atoms with E-state index in [0.717, 1.165) is 6.54 Å². The first-order valence-electron chi connectivity index (χ1n) is 6.74. The molecule has 1 heterocycles. The van der Waals surface area contributed by atoms with Gasteiger partial charge in [-0.3, -0.25) is 14.5 Å². The van der Waals surface area contributed by atoms with Gasteiger partial charge in [-0.1, -0.05) is 12.2 Å². The Morgan fingerprint density at radius 3 is 2.52 bits per heavy atom. The molecule has 1 unspecified atom stereocenters. The van der Waals surface area contributed by atoms with Crippen LogP contribution in [0.15, 0.2) is 12.2 Å². The molecule has 3 atom stereocenters. The maximum absolute atomic E-state index is 11.1. The highest BCUT2D eigenvalue weighted by Crippen LogP contribution is 2.25. The second-order valence-electron chi connectivity index (χ2n) is 4.98. The number of nitrogens with zero attached hydrogens (tertiary/aromatic N) is 2. The molecule has 1 aliphatic heterocycles. The first-order valence-corrected chi connectivity index (χ1v) is 6.74. The number of likely N-dealkylation sites (tertiary alicyclic amines) is 1. The fourth-order valence-corrected chi connectivity index (χ4v) is 2.20. The third kappa shape index (κ3) is 7.44. The maximum atomic E-state index is 11.1. The molecular formula is C14H23N3O4. The first-order chi connectivity index (χ1) is 9.85. The molecule has 0 aromatic carbocycles. The number of carboxylic acid groups (broad SMARTS) is 1. The Labute approximate surface area is 124 Å². The van der Waals surface area contributed by atoms with Crippen molar-refractivity contribution in [2.24, 2.45) is 17.6 Å². The lowest BCUT2D eigenvalue weighted by Crippen LogP contribution is -2.38. The van der Waals surface area contributed by atoms with Crippen LogP contribution in [0.25, 0.3) is 0 Å². The van der Waals surface area contributed by atoms with Gasteiger partial charge < -0.3 is 15.9 Å². The number of carboxylic acids is 1. The number of hydrogen-bond donors (Lipinski definition) is 3. The van der Waals surface area contributed by atoms with Crippen molar-refractivity contribution < 1.29 is 19.8 Å². The number of aliphatic carboxylic acids is 1. The molecular weight excluding hydrogens is 274 g/mol. The van der Waals surface area contributed by atoms with Crippen LogP contribution in [0.4, 0.5) is 0 Å². The normalized spacial score (nSPS) is 23.1. The van der Waals surface area contributed by atoms with E-state index in [0.29, 0.717) is 18.9 Å². The van der Waals surface area contributed by atoms with Crippen molar-refractivity contribution >= 4 is 11.9 Å². The summed E-state index contributed by atoms with van der Waals surface area (Å²) in [5, 5.41) is 25.5. The van der Waals surface area contributed by atoms with Crippen LogP contribution in [0.2, 0.25) is 0 Å². The van der Waals surface area contributed by atoms with Crippen LogP contribution < -0.4 is 5.73 Å². The van der Waals surface area contributed by atoms with E-state index in [1.54, 1.807) is 0 Å². The average molecular weight is 297 g/mol. The molecule has 0 aromatic rings. The molecule has 7 nitrogen and oxygen atoms in total. The van der Waals surface area contributed by atoms with Crippen molar-refractivity contribution in [1.82, 2.24) is 4.90 Å². The lowest BCUT2D eigenvalue weighted by atomic mass is 10.1. The summed E-state index contributed by atoms with van der Waals surface area (Å²) in [6.45, 7) is 4.49. The second kappa shape index (κ2) is 9.91. The van der Waals surface area contributed by atoms with E-state index in [4.69, 9.17) is 15.5 Å². The zero-order valence-electron chi connectivity index (χ0n) is 12.4. The Bertz CT molecular complexity index is 417. The van der Waals surface area contributed by atoms with E-state index >= 15 is 0 Å². The van der Waals surface area contributed by atoms with Crippen molar-refractivity contribution in [3.05, 3.63) is 12.2 Å². The van der Waals surface area contributed by atoms with Gasteiger partial charge in [0.25, 0.3) is 0 Å². The van der Waals surface area contributed by atoms with Gasteiger partial charge in [0.05, 0.1) is 12.0 Å². The highest BCUT2D eigenvalue weighted by molar-refractivity contribution is 5.74. The minimum Gasteiger partial charge on any atom is -0.480 e. The van der Waals surface area contributed by atoms with Gasteiger partial charge in [-0.05, 0) is 26.2 Å². The molecule has 0 aromatic heterocycles. The van der Waals surface area contributed by atoms with Gasteiger partial charge in [0, 0.05) is 13.1 Å². The topological polar surface area (TPSA) is 128 Å². The largest absolute Gasteiger partial charge is 0.480 e. The monoisotopic (exact) mass is 297 g/mol. The van der Waals surface area contributed by atoms with E-state index in [1.165, 1.54) is 0 Å². The number of amides is 1. The lowest BCUT2D eigenvalue weighted by Gasteiger charge is -2.21. The number of aliphatic hydroxyl groups excluding tert-OH is 1. The van der Waals surface area contributed by atoms with Crippen LogP contribution in [0, 0.1) is 23.2 Å². The number of nitrogens with two attached hydrogens (primary N) is 1. The van der Waals surface area contributed by atoms with E-state index in [1.807, 2.05) is 30.9 Å². The molecule has 1 amide bonds. The van der Waals surface area contributed by atoms with E-state index in [2.05, 4.69) is 11.8 Å². The minimum atomic E-state index is -0.780. The zero-order chi connectivity index (χ0) is 16.4. The number of carbonyl (C=O) groups excluding carboxylic acids is 1. The average Bonchev–Trinajstić information content (AvgIpc) is 2.82. The fourth-order valence-electron chi connectivity index (χ4n) is 2.20. The number of primary amides is 1. The third-order valence-corrected chi connectivity index (χ3v) is 3.07. The Morgan fingerprint density at radius 1 is 1.57 bits per heavy atom. The molecule has 7 heteroatoms. The Hall–Kier alpha value is -1.91. The van der Waals surface area contributed by atoms with Crippen molar-refractivity contribution in [1.29, 1.82) is 5.26 Å². The SMILES string of the molecule is CC=C[C@@H]1C[C@H](C(=O)O)N(CC(C)C#N)C1.NC(=O)CO. The Morgan fingerprint density at radius 2 is 2.14 bits per heavy atom. The summed E-state index contributed by atoms with van der Waals surface area (Å²) in [5.74, 6) is -1.29. The number of hydrogen-bond acceptors (Lipinski definition) is 5. The van der Waals surface area contributed by atoms with Crippen LogP contribution in [0.5, 0.6) is 0 Å². The molecule has 0 spiro atoms. The Kier molecular flexibility index (Phi) is 9.01. The van der Waals surface area contributed by atoms with Crippen molar-refractivity contribution in [3.63, 3.8) is 0 Å².